The fourth-order valence-corrected chi connectivity index (χ4v) is 3.19. The third-order valence-electron chi connectivity index (χ3n) is 4.65. The second kappa shape index (κ2) is 7.15. The molecule has 0 saturated carbocycles. The van der Waals surface area contributed by atoms with Crippen LogP contribution in [0.25, 0.3) is 11.3 Å². The summed E-state index contributed by atoms with van der Waals surface area (Å²) in [6, 6.07) is 17.5. The standard InChI is InChI=1S/C21H21N3O3/c1-3-24(13-15-7-5-4-6-8-15)21(25)17-12-18(23(2)22-17)16-9-10-19-20(11-16)27-14-26-19/h4-12H,3,13-14H2,1-2H3. The Labute approximate surface area is 157 Å². The third kappa shape index (κ3) is 3.38. The van der Waals surface area contributed by atoms with Crippen molar-refractivity contribution < 1.29 is 14.3 Å². The maximum absolute atomic E-state index is 13.0. The molecule has 0 aliphatic carbocycles. The number of aromatic nitrogens is 2. The highest BCUT2D eigenvalue weighted by molar-refractivity contribution is 5.93. The Balaban J connectivity index is 1.59. The molecule has 4 rings (SSSR count). The maximum atomic E-state index is 13.0. The highest BCUT2D eigenvalue weighted by Gasteiger charge is 2.21. The van der Waals surface area contributed by atoms with E-state index in [1.54, 1.807) is 9.58 Å². The van der Waals surface area contributed by atoms with Gasteiger partial charge < -0.3 is 14.4 Å². The van der Waals surface area contributed by atoms with E-state index in [0.29, 0.717) is 24.5 Å². The quantitative estimate of drug-likeness (QED) is 0.696. The van der Waals surface area contributed by atoms with Crippen molar-refractivity contribution in [3.8, 4) is 22.8 Å². The molecule has 0 saturated heterocycles. The number of hydrogen-bond donors (Lipinski definition) is 0. The molecule has 2 heterocycles. The number of hydrogen-bond acceptors (Lipinski definition) is 4. The van der Waals surface area contributed by atoms with Crippen LogP contribution in [0, 0.1) is 0 Å². The summed E-state index contributed by atoms with van der Waals surface area (Å²) in [5.74, 6) is 1.36. The summed E-state index contributed by atoms with van der Waals surface area (Å²) >= 11 is 0. The summed E-state index contributed by atoms with van der Waals surface area (Å²) in [7, 11) is 1.84. The minimum atomic E-state index is -0.0797. The van der Waals surface area contributed by atoms with Gasteiger partial charge in [0.05, 0.1) is 5.69 Å². The minimum absolute atomic E-state index is 0.0797. The van der Waals surface area contributed by atoms with Gasteiger partial charge in [-0.3, -0.25) is 9.48 Å². The first kappa shape index (κ1) is 17.1. The Morgan fingerprint density at radius 2 is 1.89 bits per heavy atom. The molecule has 1 aromatic heterocycles. The zero-order valence-electron chi connectivity index (χ0n) is 15.4. The van der Waals surface area contributed by atoms with Gasteiger partial charge in [-0.1, -0.05) is 30.3 Å². The maximum Gasteiger partial charge on any atom is 0.274 e. The molecule has 6 nitrogen and oxygen atoms in total. The first-order valence-electron chi connectivity index (χ1n) is 8.93. The van der Waals surface area contributed by atoms with Crippen molar-refractivity contribution in [1.82, 2.24) is 14.7 Å². The SMILES string of the molecule is CCN(Cc1ccccc1)C(=O)c1cc(-c2ccc3c(c2)OCO3)n(C)n1. The molecule has 1 aliphatic rings. The van der Waals surface area contributed by atoms with Crippen molar-refractivity contribution in [3.63, 3.8) is 0 Å². The Bertz CT molecular complexity index is 966. The predicted octanol–water partition coefficient (Wildman–Crippen LogP) is 3.48. The molecular formula is C21H21N3O3. The summed E-state index contributed by atoms with van der Waals surface area (Å²) in [5.41, 5.74) is 3.31. The highest BCUT2D eigenvalue weighted by atomic mass is 16.7. The molecule has 1 amide bonds. The van der Waals surface area contributed by atoms with Gasteiger partial charge in [-0.25, -0.2) is 0 Å². The van der Waals surface area contributed by atoms with E-state index in [-0.39, 0.29) is 12.7 Å². The first-order chi connectivity index (χ1) is 13.2. The van der Waals surface area contributed by atoms with Crippen LogP contribution in [-0.2, 0) is 13.6 Å². The number of amides is 1. The van der Waals surface area contributed by atoms with Crippen LogP contribution < -0.4 is 9.47 Å². The molecule has 0 fully saturated rings. The monoisotopic (exact) mass is 363 g/mol. The normalized spacial score (nSPS) is 12.2. The molecule has 2 aromatic carbocycles. The molecule has 138 valence electrons. The lowest BCUT2D eigenvalue weighted by Gasteiger charge is -2.19. The van der Waals surface area contributed by atoms with Gasteiger partial charge in [0.15, 0.2) is 17.2 Å². The van der Waals surface area contributed by atoms with Crippen LogP contribution in [-0.4, -0.2) is 33.9 Å². The Hall–Kier alpha value is -3.28. The lowest BCUT2D eigenvalue weighted by molar-refractivity contribution is 0.0746. The van der Waals surface area contributed by atoms with Crippen molar-refractivity contribution in [1.29, 1.82) is 0 Å². The van der Waals surface area contributed by atoms with Crippen LogP contribution in [0.4, 0.5) is 0 Å². The second-order valence-electron chi connectivity index (χ2n) is 6.41. The molecule has 0 bridgehead atoms. The lowest BCUT2D eigenvalue weighted by Crippen LogP contribution is -2.30. The molecule has 0 radical (unpaired) electrons. The van der Waals surface area contributed by atoms with E-state index in [0.717, 1.165) is 22.6 Å². The number of benzene rings is 2. The Kier molecular flexibility index (Phi) is 4.54. The van der Waals surface area contributed by atoms with E-state index in [1.165, 1.54) is 0 Å². The van der Waals surface area contributed by atoms with Gasteiger partial charge in [0.1, 0.15) is 0 Å². The van der Waals surface area contributed by atoms with Crippen LogP contribution >= 0.6 is 0 Å². The summed E-state index contributed by atoms with van der Waals surface area (Å²) in [6.07, 6.45) is 0. The number of aryl methyl sites for hydroxylation is 1. The van der Waals surface area contributed by atoms with Gasteiger partial charge >= 0.3 is 0 Å². The number of rotatable bonds is 5. The molecular weight excluding hydrogens is 342 g/mol. The molecule has 3 aromatic rings. The average Bonchev–Trinajstić information content (AvgIpc) is 3.32. The zero-order chi connectivity index (χ0) is 18.8. The van der Waals surface area contributed by atoms with Crippen LogP contribution in [0.2, 0.25) is 0 Å². The lowest BCUT2D eigenvalue weighted by atomic mass is 10.1. The summed E-state index contributed by atoms with van der Waals surface area (Å²) in [5, 5.41) is 4.44. The van der Waals surface area contributed by atoms with E-state index in [1.807, 2.05) is 68.6 Å². The van der Waals surface area contributed by atoms with Crippen LogP contribution in [0.5, 0.6) is 11.5 Å². The number of ether oxygens (including phenoxy) is 2. The van der Waals surface area contributed by atoms with Gasteiger partial charge in [0.25, 0.3) is 5.91 Å². The van der Waals surface area contributed by atoms with Crippen molar-refractivity contribution in [3.05, 3.63) is 65.9 Å². The van der Waals surface area contributed by atoms with Gasteiger partial charge in [-0.2, -0.15) is 5.10 Å². The van der Waals surface area contributed by atoms with Gasteiger partial charge in [-0.15, -0.1) is 0 Å². The van der Waals surface area contributed by atoms with Crippen LogP contribution in [0.3, 0.4) is 0 Å². The number of carbonyl (C=O) groups is 1. The fraction of sp³-hybridized carbons (Fsp3) is 0.238. The van der Waals surface area contributed by atoms with Crippen molar-refractivity contribution in [2.75, 3.05) is 13.3 Å². The largest absolute Gasteiger partial charge is 0.454 e. The predicted molar refractivity (Wildman–Crippen MR) is 102 cm³/mol. The van der Waals surface area contributed by atoms with E-state index in [4.69, 9.17) is 9.47 Å². The van der Waals surface area contributed by atoms with E-state index < -0.39 is 0 Å². The van der Waals surface area contributed by atoms with E-state index >= 15 is 0 Å². The number of fused-ring (bicyclic) bond motifs is 1. The highest BCUT2D eigenvalue weighted by Crippen LogP contribution is 2.36. The summed E-state index contributed by atoms with van der Waals surface area (Å²) in [4.78, 5) is 14.8. The van der Waals surface area contributed by atoms with Crippen LogP contribution in [0.1, 0.15) is 23.0 Å². The smallest absolute Gasteiger partial charge is 0.274 e. The summed E-state index contributed by atoms with van der Waals surface area (Å²) in [6.45, 7) is 3.39. The third-order valence-corrected chi connectivity index (χ3v) is 4.65. The number of carbonyl (C=O) groups excluding carboxylic acids is 1. The zero-order valence-corrected chi connectivity index (χ0v) is 15.4. The minimum Gasteiger partial charge on any atom is -0.454 e. The molecule has 0 unspecified atom stereocenters. The molecule has 6 heteroatoms. The fourth-order valence-electron chi connectivity index (χ4n) is 3.19. The molecule has 0 spiro atoms. The first-order valence-corrected chi connectivity index (χ1v) is 8.93. The van der Waals surface area contributed by atoms with Crippen molar-refractivity contribution in [2.24, 2.45) is 7.05 Å². The Morgan fingerprint density at radius 3 is 2.67 bits per heavy atom. The van der Waals surface area contributed by atoms with Gasteiger partial charge in [-0.05, 0) is 36.8 Å². The molecule has 1 aliphatic heterocycles. The summed E-state index contributed by atoms with van der Waals surface area (Å²) < 4.78 is 12.5. The van der Waals surface area contributed by atoms with Crippen molar-refractivity contribution in [2.45, 2.75) is 13.5 Å². The topological polar surface area (TPSA) is 56.6 Å². The van der Waals surface area contributed by atoms with E-state index in [2.05, 4.69) is 5.10 Å². The molecule has 0 atom stereocenters. The van der Waals surface area contributed by atoms with Gasteiger partial charge in [0.2, 0.25) is 6.79 Å². The van der Waals surface area contributed by atoms with Crippen LogP contribution in [0.15, 0.2) is 54.6 Å². The Morgan fingerprint density at radius 1 is 1.11 bits per heavy atom. The van der Waals surface area contributed by atoms with Gasteiger partial charge in [0, 0.05) is 25.7 Å². The molecule has 0 N–H and O–H groups in total. The number of nitrogens with zero attached hydrogens (tertiary/aromatic N) is 3. The van der Waals surface area contributed by atoms with E-state index in [9.17, 15) is 4.79 Å². The van der Waals surface area contributed by atoms with Crippen molar-refractivity contribution >= 4 is 5.91 Å². The average molecular weight is 363 g/mol. The molecule has 27 heavy (non-hydrogen) atoms. The second-order valence-corrected chi connectivity index (χ2v) is 6.41.